The number of carbonyl (C=O) groups excluding carboxylic acids is 5. The van der Waals surface area contributed by atoms with Crippen LogP contribution in [0.5, 0.6) is 0 Å². The van der Waals surface area contributed by atoms with E-state index in [4.69, 9.17) is 28.8 Å². The number of aryl methyl sites for hydroxylation is 1. The second-order valence-corrected chi connectivity index (χ2v) is 12.7. The molecular weight excluding hydrogens is 636 g/mol. The summed E-state index contributed by atoms with van der Waals surface area (Å²) in [6.07, 6.45) is 5.36. The average molecular weight is 691 g/mol. The predicted molar refractivity (Wildman–Crippen MR) is 179 cm³/mol. The molecule has 274 valence electrons. The highest BCUT2D eigenvalue weighted by molar-refractivity contribution is 5.77. The van der Waals surface area contributed by atoms with E-state index in [1.807, 2.05) is 56.3 Å². The van der Waals surface area contributed by atoms with Crippen LogP contribution in [-0.2, 0) is 54.1 Å². The molecule has 0 spiro atoms. The first-order valence-corrected chi connectivity index (χ1v) is 17.2. The molecule has 1 fully saturated rings. The molecular formula is C37H54O12. The van der Waals surface area contributed by atoms with Crippen LogP contribution < -0.4 is 0 Å². The van der Waals surface area contributed by atoms with Crippen molar-refractivity contribution >= 4 is 29.8 Å². The minimum atomic E-state index is -1.19. The van der Waals surface area contributed by atoms with Crippen LogP contribution in [0.1, 0.15) is 97.5 Å². The van der Waals surface area contributed by atoms with Crippen molar-refractivity contribution in [2.24, 2.45) is 11.8 Å². The number of allylic oxidation sites excluding steroid dienone is 2. The summed E-state index contributed by atoms with van der Waals surface area (Å²) < 4.78 is 27.4. The van der Waals surface area contributed by atoms with Gasteiger partial charge in [0, 0.05) is 38.5 Å². The topological polar surface area (TPSA) is 172 Å². The molecule has 1 aliphatic rings. The third-order valence-electron chi connectivity index (χ3n) is 8.20. The average Bonchev–Trinajstić information content (AvgIpc) is 3.35. The van der Waals surface area contributed by atoms with Crippen LogP contribution in [0.15, 0.2) is 42.5 Å². The van der Waals surface area contributed by atoms with Gasteiger partial charge in [0.05, 0.1) is 25.6 Å². The first kappa shape index (κ1) is 41.4. The number of aliphatic hydroxyl groups is 2. The van der Waals surface area contributed by atoms with Crippen LogP contribution in [0.2, 0.25) is 0 Å². The summed E-state index contributed by atoms with van der Waals surface area (Å²) in [5, 5.41) is 18.3. The second-order valence-electron chi connectivity index (χ2n) is 12.7. The number of ether oxygens (including phenoxy) is 5. The lowest BCUT2D eigenvalue weighted by Crippen LogP contribution is -2.28. The Labute approximate surface area is 289 Å². The molecule has 49 heavy (non-hydrogen) atoms. The van der Waals surface area contributed by atoms with Gasteiger partial charge in [-0.05, 0) is 64.4 Å². The highest BCUT2D eigenvalue weighted by Gasteiger charge is 2.46. The quantitative estimate of drug-likeness (QED) is 0.0754. The summed E-state index contributed by atoms with van der Waals surface area (Å²) in [7, 11) is 0. The number of esters is 5. The van der Waals surface area contributed by atoms with E-state index >= 15 is 0 Å². The van der Waals surface area contributed by atoms with Crippen molar-refractivity contribution in [3.8, 4) is 0 Å². The highest BCUT2D eigenvalue weighted by Crippen LogP contribution is 2.42. The highest BCUT2D eigenvalue weighted by atomic mass is 16.6. The van der Waals surface area contributed by atoms with Crippen molar-refractivity contribution < 1.29 is 57.9 Å². The fourth-order valence-corrected chi connectivity index (χ4v) is 5.99. The lowest BCUT2D eigenvalue weighted by molar-refractivity contribution is -0.155. The maximum atomic E-state index is 12.8. The second kappa shape index (κ2) is 22.8. The Bertz CT molecular complexity index is 1200. The SMILES string of the molecule is CC(=O)O[C@H]1C[C@@H](OC(C)=O)[C@H](CC[C@H](CCc2ccccc2)OC(=O)CCC(=O)OCC(O)CO)[C@H]1C/C=C\CCCC(=O)OC(C)C. The largest absolute Gasteiger partial charge is 0.463 e. The smallest absolute Gasteiger partial charge is 0.306 e. The monoisotopic (exact) mass is 690 g/mol. The van der Waals surface area contributed by atoms with Gasteiger partial charge in [-0.2, -0.15) is 0 Å². The van der Waals surface area contributed by atoms with Gasteiger partial charge in [0.1, 0.15) is 31.0 Å². The van der Waals surface area contributed by atoms with E-state index in [0.29, 0.717) is 57.8 Å². The Morgan fingerprint density at radius 2 is 1.47 bits per heavy atom. The Kier molecular flexibility index (Phi) is 19.3. The van der Waals surface area contributed by atoms with Crippen LogP contribution in [0.25, 0.3) is 0 Å². The van der Waals surface area contributed by atoms with Crippen molar-refractivity contribution in [1.82, 2.24) is 0 Å². The summed E-state index contributed by atoms with van der Waals surface area (Å²) in [6.45, 7) is 5.39. The number of rotatable bonds is 22. The fourth-order valence-electron chi connectivity index (χ4n) is 5.99. The van der Waals surface area contributed by atoms with E-state index in [2.05, 4.69) is 0 Å². The van der Waals surface area contributed by atoms with Crippen LogP contribution >= 0.6 is 0 Å². The Morgan fingerprint density at radius 3 is 2.10 bits per heavy atom. The van der Waals surface area contributed by atoms with Gasteiger partial charge in [0.15, 0.2) is 0 Å². The molecule has 2 rings (SSSR count). The van der Waals surface area contributed by atoms with Crippen molar-refractivity contribution in [2.45, 2.75) is 129 Å². The summed E-state index contributed by atoms with van der Waals surface area (Å²) in [5.74, 6) is -2.72. The Hall–Kier alpha value is -3.77. The fraction of sp³-hybridized carbons (Fsp3) is 0.649. The van der Waals surface area contributed by atoms with E-state index in [-0.39, 0.29) is 43.4 Å². The maximum Gasteiger partial charge on any atom is 0.306 e. The molecule has 6 atom stereocenters. The standard InChI is InChI=1S/C37H54O12/c1-25(2)46-36(43)15-11-6-5-10-14-31-32(34(48-27(4)40)22-33(31)47-26(3)39)19-18-30(17-16-28-12-8-7-9-13-28)49-37(44)21-20-35(42)45-24-29(41)23-38/h5,7-10,12-13,25,29-34,38,41H,6,11,14-24H2,1-4H3/b10-5-/t29?,30-,31+,32+,33-,34+/m0/s1. The molecule has 1 aliphatic carbocycles. The zero-order valence-electron chi connectivity index (χ0n) is 29.3. The number of unbranched alkanes of at least 4 members (excludes halogenated alkanes) is 1. The molecule has 0 aliphatic heterocycles. The predicted octanol–water partition coefficient (Wildman–Crippen LogP) is 4.56. The molecule has 1 saturated carbocycles. The zero-order chi connectivity index (χ0) is 36.2. The lowest BCUT2D eigenvalue weighted by atomic mass is 9.85. The first-order chi connectivity index (χ1) is 23.4. The molecule has 1 aromatic carbocycles. The summed E-state index contributed by atoms with van der Waals surface area (Å²) >= 11 is 0. The number of benzene rings is 1. The van der Waals surface area contributed by atoms with E-state index in [1.54, 1.807) is 0 Å². The number of hydrogen-bond donors (Lipinski definition) is 2. The molecule has 12 nitrogen and oxygen atoms in total. The van der Waals surface area contributed by atoms with E-state index in [1.165, 1.54) is 13.8 Å². The molecule has 0 heterocycles. The van der Waals surface area contributed by atoms with Crippen LogP contribution in [-0.4, -0.2) is 83.8 Å². The van der Waals surface area contributed by atoms with Crippen LogP contribution in [0.3, 0.4) is 0 Å². The first-order valence-electron chi connectivity index (χ1n) is 17.2. The normalized spacial score (nSPS) is 20.1. The van der Waals surface area contributed by atoms with Crippen molar-refractivity contribution in [2.75, 3.05) is 13.2 Å². The van der Waals surface area contributed by atoms with Crippen molar-refractivity contribution in [1.29, 1.82) is 0 Å². The molecule has 0 aromatic heterocycles. The number of hydrogen-bond acceptors (Lipinski definition) is 12. The number of carbonyl (C=O) groups is 5. The van der Waals surface area contributed by atoms with Gasteiger partial charge in [0.25, 0.3) is 0 Å². The van der Waals surface area contributed by atoms with Gasteiger partial charge in [0.2, 0.25) is 0 Å². The lowest BCUT2D eigenvalue weighted by Gasteiger charge is -2.27. The Balaban J connectivity index is 2.13. The molecule has 0 saturated heterocycles. The molecule has 1 unspecified atom stereocenters. The Morgan fingerprint density at radius 1 is 0.837 bits per heavy atom. The van der Waals surface area contributed by atoms with E-state index in [0.717, 1.165) is 5.56 Å². The van der Waals surface area contributed by atoms with E-state index in [9.17, 15) is 29.1 Å². The van der Waals surface area contributed by atoms with E-state index < -0.39 is 54.9 Å². The number of aliphatic hydroxyl groups excluding tert-OH is 2. The van der Waals surface area contributed by atoms with Gasteiger partial charge in [-0.25, -0.2) is 0 Å². The van der Waals surface area contributed by atoms with Crippen LogP contribution in [0.4, 0.5) is 0 Å². The molecule has 0 bridgehead atoms. The minimum Gasteiger partial charge on any atom is -0.463 e. The van der Waals surface area contributed by atoms with Gasteiger partial charge in [-0.15, -0.1) is 0 Å². The maximum absolute atomic E-state index is 12.8. The van der Waals surface area contributed by atoms with Gasteiger partial charge >= 0.3 is 29.8 Å². The molecule has 2 N–H and O–H groups in total. The summed E-state index contributed by atoms with van der Waals surface area (Å²) in [5.41, 5.74) is 1.07. The third kappa shape index (κ3) is 17.5. The summed E-state index contributed by atoms with van der Waals surface area (Å²) in [4.78, 5) is 60.8. The van der Waals surface area contributed by atoms with Gasteiger partial charge < -0.3 is 33.9 Å². The zero-order valence-corrected chi connectivity index (χ0v) is 29.3. The summed E-state index contributed by atoms with van der Waals surface area (Å²) in [6, 6.07) is 9.76. The molecule has 0 amide bonds. The van der Waals surface area contributed by atoms with Gasteiger partial charge in [-0.1, -0.05) is 42.5 Å². The van der Waals surface area contributed by atoms with Crippen LogP contribution in [0, 0.1) is 11.8 Å². The minimum absolute atomic E-state index is 0.158. The molecule has 12 heteroatoms. The molecule has 1 aromatic rings. The third-order valence-corrected chi connectivity index (χ3v) is 8.20. The molecule has 0 radical (unpaired) electrons. The van der Waals surface area contributed by atoms with Crippen molar-refractivity contribution in [3.05, 3.63) is 48.0 Å². The van der Waals surface area contributed by atoms with Crippen molar-refractivity contribution in [3.63, 3.8) is 0 Å². The van der Waals surface area contributed by atoms with Gasteiger partial charge in [-0.3, -0.25) is 24.0 Å².